The van der Waals surface area contributed by atoms with Crippen molar-refractivity contribution in [3.63, 3.8) is 0 Å². The molecular formula is C14H24N4. The Labute approximate surface area is 109 Å². The largest absolute Gasteiger partial charge is 0.329 e. The molecule has 0 spiro atoms. The summed E-state index contributed by atoms with van der Waals surface area (Å²) in [5.41, 5.74) is 1.40. The molecule has 4 heteroatoms. The lowest BCUT2D eigenvalue weighted by Crippen LogP contribution is -2.37. The van der Waals surface area contributed by atoms with E-state index >= 15 is 0 Å². The Morgan fingerprint density at radius 2 is 2.33 bits per heavy atom. The molecule has 2 saturated heterocycles. The summed E-state index contributed by atoms with van der Waals surface area (Å²) in [7, 11) is 0. The van der Waals surface area contributed by atoms with Gasteiger partial charge in [-0.1, -0.05) is 6.92 Å². The number of rotatable bonds is 3. The van der Waals surface area contributed by atoms with Gasteiger partial charge in [-0.2, -0.15) is 0 Å². The van der Waals surface area contributed by atoms with Gasteiger partial charge in [0.05, 0.1) is 12.0 Å². The van der Waals surface area contributed by atoms with Crippen molar-refractivity contribution in [2.24, 2.45) is 0 Å². The summed E-state index contributed by atoms with van der Waals surface area (Å²) >= 11 is 0. The topological polar surface area (TPSA) is 33.1 Å². The summed E-state index contributed by atoms with van der Waals surface area (Å²) in [6.07, 6.45) is 9.27. The van der Waals surface area contributed by atoms with E-state index < -0.39 is 0 Å². The maximum atomic E-state index is 4.40. The molecule has 1 unspecified atom stereocenters. The van der Waals surface area contributed by atoms with Gasteiger partial charge in [0.15, 0.2) is 0 Å². The van der Waals surface area contributed by atoms with Crippen molar-refractivity contribution in [1.29, 1.82) is 0 Å². The number of likely N-dealkylation sites (N-methyl/N-ethyl adjacent to an activating group) is 1. The zero-order valence-corrected chi connectivity index (χ0v) is 11.3. The van der Waals surface area contributed by atoms with Gasteiger partial charge in [0, 0.05) is 24.8 Å². The van der Waals surface area contributed by atoms with Gasteiger partial charge in [0.1, 0.15) is 0 Å². The summed E-state index contributed by atoms with van der Waals surface area (Å²) < 4.78 is 2.44. The van der Waals surface area contributed by atoms with E-state index in [0.717, 1.165) is 6.54 Å². The molecule has 1 N–H and O–H groups in total. The molecule has 1 aromatic rings. The highest BCUT2D eigenvalue weighted by atomic mass is 15.2. The summed E-state index contributed by atoms with van der Waals surface area (Å²) in [5.74, 6) is 0. The van der Waals surface area contributed by atoms with E-state index in [1.54, 1.807) is 0 Å². The summed E-state index contributed by atoms with van der Waals surface area (Å²) in [5, 5.41) is 3.59. The fourth-order valence-corrected chi connectivity index (χ4v) is 3.37. The van der Waals surface area contributed by atoms with Crippen LogP contribution in [0.15, 0.2) is 12.5 Å². The molecule has 2 aliphatic heterocycles. The molecule has 1 aromatic heterocycles. The second-order valence-electron chi connectivity index (χ2n) is 5.56. The van der Waals surface area contributed by atoms with Crippen molar-refractivity contribution in [3.05, 3.63) is 18.2 Å². The van der Waals surface area contributed by atoms with E-state index in [1.807, 2.05) is 6.33 Å². The number of nitrogens with one attached hydrogen (secondary N) is 1. The summed E-state index contributed by atoms with van der Waals surface area (Å²) in [4.78, 5) is 6.95. The molecule has 2 aliphatic rings. The Bertz CT molecular complexity index is 381. The van der Waals surface area contributed by atoms with E-state index in [2.05, 4.69) is 32.9 Å². The van der Waals surface area contributed by atoms with Crippen LogP contribution in [0.25, 0.3) is 0 Å². The zero-order chi connectivity index (χ0) is 12.4. The molecule has 0 aromatic carbocycles. The predicted octanol–water partition coefficient (Wildman–Crippen LogP) is 1.96. The molecule has 18 heavy (non-hydrogen) atoms. The van der Waals surface area contributed by atoms with Gasteiger partial charge in [-0.25, -0.2) is 4.98 Å². The third kappa shape index (κ3) is 2.31. The van der Waals surface area contributed by atoms with Crippen LogP contribution in [-0.4, -0.2) is 40.6 Å². The van der Waals surface area contributed by atoms with Gasteiger partial charge >= 0.3 is 0 Å². The fourth-order valence-electron chi connectivity index (χ4n) is 3.37. The minimum Gasteiger partial charge on any atom is -0.329 e. The molecule has 2 fully saturated rings. The van der Waals surface area contributed by atoms with Crippen LogP contribution in [0.5, 0.6) is 0 Å². The van der Waals surface area contributed by atoms with E-state index in [9.17, 15) is 0 Å². The van der Waals surface area contributed by atoms with Crippen LogP contribution in [0.4, 0.5) is 0 Å². The molecular weight excluding hydrogens is 224 g/mol. The molecule has 0 amide bonds. The Hall–Kier alpha value is -0.870. The van der Waals surface area contributed by atoms with E-state index in [0.29, 0.717) is 12.1 Å². The van der Waals surface area contributed by atoms with Crippen LogP contribution >= 0.6 is 0 Å². The average molecular weight is 248 g/mol. The Kier molecular flexibility index (Phi) is 3.66. The van der Waals surface area contributed by atoms with E-state index in [-0.39, 0.29) is 0 Å². The minimum atomic E-state index is 0.532. The molecule has 4 nitrogen and oxygen atoms in total. The zero-order valence-electron chi connectivity index (χ0n) is 11.3. The van der Waals surface area contributed by atoms with Gasteiger partial charge in [-0.05, 0) is 45.3 Å². The van der Waals surface area contributed by atoms with Gasteiger partial charge in [-0.15, -0.1) is 0 Å². The van der Waals surface area contributed by atoms with Crippen molar-refractivity contribution in [2.45, 2.75) is 44.7 Å². The number of aromatic nitrogens is 2. The number of nitrogens with zero attached hydrogens (tertiary/aromatic N) is 3. The van der Waals surface area contributed by atoms with Gasteiger partial charge in [0.2, 0.25) is 0 Å². The average Bonchev–Trinajstić information content (AvgIpc) is 3.09. The Morgan fingerprint density at radius 3 is 3.11 bits per heavy atom. The van der Waals surface area contributed by atoms with Crippen LogP contribution in [0, 0.1) is 0 Å². The van der Waals surface area contributed by atoms with Crippen LogP contribution in [0.2, 0.25) is 0 Å². The second-order valence-corrected chi connectivity index (χ2v) is 5.56. The molecule has 0 bridgehead atoms. The number of piperidine rings is 1. The predicted molar refractivity (Wildman–Crippen MR) is 72.6 cm³/mol. The quantitative estimate of drug-likeness (QED) is 0.887. The monoisotopic (exact) mass is 248 g/mol. The van der Waals surface area contributed by atoms with Crippen LogP contribution < -0.4 is 5.32 Å². The first-order chi connectivity index (χ1) is 8.88. The number of likely N-dealkylation sites (tertiary alicyclic amines) is 1. The standard InChI is InChI=1S/C14H24N4/c1-2-17-8-4-5-12(10-17)18-11-15-9-14(18)13-6-3-7-16-13/h9,11-13,16H,2-8,10H2,1H3/t12?,13-/m0/s1. The molecule has 100 valence electrons. The molecule has 0 aliphatic carbocycles. The van der Waals surface area contributed by atoms with Gasteiger partial charge in [-0.3, -0.25) is 0 Å². The molecule has 3 rings (SSSR count). The lowest BCUT2D eigenvalue weighted by atomic mass is 10.0. The molecule has 2 atom stereocenters. The highest BCUT2D eigenvalue weighted by molar-refractivity contribution is 5.09. The minimum absolute atomic E-state index is 0.532. The lowest BCUT2D eigenvalue weighted by molar-refractivity contribution is 0.182. The maximum Gasteiger partial charge on any atom is 0.0951 e. The number of hydrogen-bond acceptors (Lipinski definition) is 3. The highest BCUT2D eigenvalue weighted by Gasteiger charge is 2.25. The second kappa shape index (κ2) is 5.41. The number of hydrogen-bond donors (Lipinski definition) is 1. The molecule has 0 radical (unpaired) electrons. The van der Waals surface area contributed by atoms with Crippen LogP contribution in [0.1, 0.15) is 50.4 Å². The lowest BCUT2D eigenvalue weighted by Gasteiger charge is -2.34. The normalized spacial score (nSPS) is 29.8. The first-order valence-corrected chi connectivity index (χ1v) is 7.36. The Morgan fingerprint density at radius 1 is 1.39 bits per heavy atom. The molecule has 0 saturated carbocycles. The van der Waals surface area contributed by atoms with E-state index in [1.165, 1.54) is 51.0 Å². The van der Waals surface area contributed by atoms with Crippen molar-refractivity contribution in [2.75, 3.05) is 26.2 Å². The smallest absolute Gasteiger partial charge is 0.0951 e. The summed E-state index contributed by atoms with van der Waals surface area (Å²) in [6, 6.07) is 1.16. The third-order valence-electron chi connectivity index (χ3n) is 4.43. The highest BCUT2D eigenvalue weighted by Crippen LogP contribution is 2.28. The maximum absolute atomic E-state index is 4.40. The first-order valence-electron chi connectivity index (χ1n) is 7.36. The van der Waals surface area contributed by atoms with Gasteiger partial charge < -0.3 is 14.8 Å². The summed E-state index contributed by atoms with van der Waals surface area (Å²) in [6.45, 7) is 7.03. The third-order valence-corrected chi connectivity index (χ3v) is 4.43. The fraction of sp³-hybridized carbons (Fsp3) is 0.786. The number of imidazole rings is 1. The van der Waals surface area contributed by atoms with Crippen LogP contribution in [0.3, 0.4) is 0 Å². The van der Waals surface area contributed by atoms with Crippen LogP contribution in [-0.2, 0) is 0 Å². The van der Waals surface area contributed by atoms with Gasteiger partial charge in [0.25, 0.3) is 0 Å². The molecule has 3 heterocycles. The van der Waals surface area contributed by atoms with Crippen molar-refractivity contribution < 1.29 is 0 Å². The SMILES string of the molecule is CCN1CCCC(n2cncc2[C@@H]2CCCN2)C1. The van der Waals surface area contributed by atoms with E-state index in [4.69, 9.17) is 0 Å². The van der Waals surface area contributed by atoms with Crippen molar-refractivity contribution >= 4 is 0 Å². The Balaban J connectivity index is 1.77. The first kappa shape index (κ1) is 12.2. The van der Waals surface area contributed by atoms with Crippen molar-refractivity contribution in [3.8, 4) is 0 Å². The van der Waals surface area contributed by atoms with Crippen molar-refractivity contribution in [1.82, 2.24) is 19.8 Å².